The molecule has 0 spiro atoms. The van der Waals surface area contributed by atoms with E-state index in [9.17, 15) is 9.90 Å². The Labute approximate surface area is 203 Å². The number of carbonyl (C=O) groups is 1. The molecule has 0 radical (unpaired) electrons. The molecule has 4 rings (SSSR count). The summed E-state index contributed by atoms with van der Waals surface area (Å²) in [6.07, 6.45) is 7.08. The van der Waals surface area contributed by atoms with Gasteiger partial charge in [-0.3, -0.25) is 9.69 Å². The molecule has 34 heavy (non-hydrogen) atoms. The van der Waals surface area contributed by atoms with Crippen molar-refractivity contribution in [3.8, 4) is 5.75 Å². The summed E-state index contributed by atoms with van der Waals surface area (Å²) in [5.41, 5.74) is 4.10. The number of amides is 1. The van der Waals surface area contributed by atoms with Gasteiger partial charge in [-0.1, -0.05) is 30.7 Å². The van der Waals surface area contributed by atoms with E-state index in [1.165, 1.54) is 41.7 Å². The maximum absolute atomic E-state index is 12.9. The summed E-state index contributed by atoms with van der Waals surface area (Å²) in [6.45, 7) is 2.53. The van der Waals surface area contributed by atoms with Crippen molar-refractivity contribution >= 4 is 5.91 Å². The van der Waals surface area contributed by atoms with Crippen LogP contribution in [-0.4, -0.2) is 71.4 Å². The van der Waals surface area contributed by atoms with Crippen LogP contribution in [0.2, 0.25) is 0 Å². The number of carbonyl (C=O) groups excluding carboxylic acids is 1. The number of fused-ring (bicyclic) bond motifs is 3. The molecule has 0 saturated heterocycles. The summed E-state index contributed by atoms with van der Waals surface area (Å²) in [6, 6.07) is 15.1. The van der Waals surface area contributed by atoms with Crippen molar-refractivity contribution in [2.24, 2.45) is 0 Å². The number of hydrogen-bond donors (Lipinski definition) is 2. The Morgan fingerprint density at radius 3 is 2.71 bits per heavy atom. The highest BCUT2D eigenvalue weighted by atomic mass is 16.5. The molecule has 2 aromatic rings. The highest BCUT2D eigenvalue weighted by Crippen LogP contribution is 2.29. The fourth-order valence-corrected chi connectivity index (χ4v) is 4.88. The third-order valence-corrected chi connectivity index (χ3v) is 7.06. The third-order valence-electron chi connectivity index (χ3n) is 7.06. The van der Waals surface area contributed by atoms with Crippen LogP contribution in [0.4, 0.5) is 0 Å². The molecule has 6 nitrogen and oxygen atoms in total. The lowest BCUT2D eigenvalue weighted by atomic mass is 9.90. The summed E-state index contributed by atoms with van der Waals surface area (Å²) in [7, 11) is 1.64. The molecule has 0 aromatic heterocycles. The second-order valence-electron chi connectivity index (χ2n) is 9.81. The minimum Gasteiger partial charge on any atom is -0.493 e. The third kappa shape index (κ3) is 6.38. The van der Waals surface area contributed by atoms with Crippen molar-refractivity contribution in [3.05, 3.63) is 64.7 Å². The maximum atomic E-state index is 12.9. The number of benzene rings is 2. The van der Waals surface area contributed by atoms with E-state index in [-0.39, 0.29) is 19.1 Å². The molecule has 2 bridgehead atoms. The predicted molar refractivity (Wildman–Crippen MR) is 133 cm³/mol. The van der Waals surface area contributed by atoms with Crippen LogP contribution >= 0.6 is 0 Å². The fraction of sp³-hybridized carbons (Fsp3) is 0.536. The molecular formula is C28H38N2O4. The van der Waals surface area contributed by atoms with E-state index in [0.29, 0.717) is 18.6 Å². The molecule has 1 heterocycles. The second kappa shape index (κ2) is 11.8. The molecule has 1 unspecified atom stereocenters. The molecule has 2 aliphatic rings. The fourth-order valence-electron chi connectivity index (χ4n) is 4.88. The van der Waals surface area contributed by atoms with E-state index < -0.39 is 6.10 Å². The van der Waals surface area contributed by atoms with Gasteiger partial charge in [0.2, 0.25) is 0 Å². The van der Waals surface area contributed by atoms with Gasteiger partial charge in [0.15, 0.2) is 0 Å². The van der Waals surface area contributed by atoms with Gasteiger partial charge >= 0.3 is 0 Å². The lowest BCUT2D eigenvalue weighted by molar-refractivity contribution is 0.0520. The van der Waals surface area contributed by atoms with Crippen LogP contribution in [0.25, 0.3) is 0 Å². The molecule has 1 aliphatic carbocycles. The van der Waals surface area contributed by atoms with Crippen LogP contribution in [0.15, 0.2) is 42.5 Å². The zero-order valence-corrected chi connectivity index (χ0v) is 20.3. The minimum absolute atomic E-state index is 0.0858. The molecule has 1 saturated carbocycles. The molecule has 6 heteroatoms. The predicted octanol–water partition coefficient (Wildman–Crippen LogP) is 3.62. The molecule has 2 aromatic carbocycles. The highest BCUT2D eigenvalue weighted by molar-refractivity contribution is 5.94. The van der Waals surface area contributed by atoms with E-state index in [1.807, 2.05) is 12.1 Å². The molecule has 2 N–H and O–H groups in total. The van der Waals surface area contributed by atoms with Gasteiger partial charge in [0.05, 0.1) is 19.3 Å². The SMILES string of the molecule is CN(CC(O)CO)C(=O)c1ccc2c(c1)Cc1cccc(c1)CN(C1CCC1)CCCCCO2. The van der Waals surface area contributed by atoms with Gasteiger partial charge in [-0.15, -0.1) is 0 Å². The van der Waals surface area contributed by atoms with Crippen molar-refractivity contribution in [2.75, 3.05) is 33.4 Å². The normalized spacial score (nSPS) is 18.7. The standard InChI is InChI=1S/C28H38N2O4/c1-29(19-26(32)20-31)28(33)23-11-12-27-24(17-23)16-21-7-5-8-22(15-21)18-30(25-9-6-10-25)13-3-2-4-14-34-27/h5,7-8,11-12,15,17,25-26,31-32H,2-4,6,9-10,13-14,16,18-20H2,1H3. The van der Waals surface area contributed by atoms with Crippen molar-refractivity contribution < 1.29 is 19.7 Å². The number of nitrogens with zero attached hydrogens (tertiary/aromatic N) is 2. The Kier molecular flexibility index (Phi) is 8.59. The number of ether oxygens (including phenoxy) is 1. The quantitative estimate of drug-likeness (QED) is 0.704. The topological polar surface area (TPSA) is 73.2 Å². The monoisotopic (exact) mass is 466 g/mol. The highest BCUT2D eigenvalue weighted by Gasteiger charge is 2.25. The van der Waals surface area contributed by atoms with Crippen molar-refractivity contribution in [3.63, 3.8) is 0 Å². The van der Waals surface area contributed by atoms with E-state index in [1.54, 1.807) is 13.1 Å². The Hall–Kier alpha value is -2.41. The van der Waals surface area contributed by atoms with Gasteiger partial charge in [-0.2, -0.15) is 0 Å². The largest absolute Gasteiger partial charge is 0.493 e. The first kappa shape index (κ1) is 24.7. The van der Waals surface area contributed by atoms with Crippen LogP contribution in [0, 0.1) is 0 Å². The number of aliphatic hydroxyl groups excluding tert-OH is 2. The lowest BCUT2D eigenvalue weighted by Crippen LogP contribution is -2.40. The minimum atomic E-state index is -0.947. The van der Waals surface area contributed by atoms with Gasteiger partial charge in [-0.25, -0.2) is 0 Å². The van der Waals surface area contributed by atoms with Gasteiger partial charge in [0.25, 0.3) is 5.91 Å². The Balaban J connectivity index is 1.58. The first-order valence-corrected chi connectivity index (χ1v) is 12.7. The Morgan fingerprint density at radius 2 is 1.94 bits per heavy atom. The summed E-state index contributed by atoms with van der Waals surface area (Å²) >= 11 is 0. The second-order valence-corrected chi connectivity index (χ2v) is 9.81. The van der Waals surface area contributed by atoms with Gasteiger partial charge < -0.3 is 19.8 Å². The number of rotatable bonds is 5. The lowest BCUT2D eigenvalue weighted by Gasteiger charge is -2.38. The summed E-state index contributed by atoms with van der Waals surface area (Å²) in [4.78, 5) is 17.0. The van der Waals surface area contributed by atoms with Crippen molar-refractivity contribution in [2.45, 2.75) is 63.6 Å². The van der Waals surface area contributed by atoms with E-state index in [0.717, 1.165) is 43.3 Å². The summed E-state index contributed by atoms with van der Waals surface area (Å²) in [5.74, 6) is 0.646. The summed E-state index contributed by atoms with van der Waals surface area (Å²) < 4.78 is 6.18. The van der Waals surface area contributed by atoms with Crippen LogP contribution in [0.1, 0.15) is 65.6 Å². The van der Waals surface area contributed by atoms with Crippen LogP contribution < -0.4 is 4.74 Å². The molecular weight excluding hydrogens is 428 g/mol. The van der Waals surface area contributed by atoms with Gasteiger partial charge in [-0.05, 0) is 73.5 Å². The molecule has 184 valence electrons. The van der Waals surface area contributed by atoms with Crippen LogP contribution in [0.5, 0.6) is 5.75 Å². The van der Waals surface area contributed by atoms with Crippen molar-refractivity contribution in [1.29, 1.82) is 0 Å². The first-order valence-electron chi connectivity index (χ1n) is 12.7. The number of likely N-dealkylation sites (N-methyl/N-ethyl adjacent to an activating group) is 1. The maximum Gasteiger partial charge on any atom is 0.253 e. The molecule has 1 aliphatic heterocycles. The average Bonchev–Trinajstić information content (AvgIpc) is 2.79. The smallest absolute Gasteiger partial charge is 0.253 e. The number of aliphatic hydroxyl groups is 2. The zero-order valence-electron chi connectivity index (χ0n) is 20.3. The number of hydrogen-bond acceptors (Lipinski definition) is 5. The van der Waals surface area contributed by atoms with E-state index in [2.05, 4.69) is 29.2 Å². The molecule has 1 atom stereocenters. The van der Waals surface area contributed by atoms with Crippen LogP contribution in [-0.2, 0) is 13.0 Å². The molecule has 1 amide bonds. The van der Waals surface area contributed by atoms with Gasteiger partial charge in [0, 0.05) is 38.2 Å². The zero-order chi connectivity index (χ0) is 23.9. The summed E-state index contributed by atoms with van der Waals surface area (Å²) in [5, 5.41) is 18.8. The van der Waals surface area contributed by atoms with Crippen molar-refractivity contribution in [1.82, 2.24) is 9.80 Å². The first-order chi connectivity index (χ1) is 16.5. The van der Waals surface area contributed by atoms with Gasteiger partial charge in [0.1, 0.15) is 5.75 Å². The molecule has 1 fully saturated rings. The van der Waals surface area contributed by atoms with E-state index in [4.69, 9.17) is 9.84 Å². The Bertz CT molecular complexity index is 959. The average molecular weight is 467 g/mol. The Morgan fingerprint density at radius 1 is 1.12 bits per heavy atom. The van der Waals surface area contributed by atoms with Crippen LogP contribution in [0.3, 0.4) is 0 Å². The van der Waals surface area contributed by atoms with E-state index >= 15 is 0 Å².